The molecule has 0 aromatic carbocycles. The van der Waals surface area contributed by atoms with Crippen LogP contribution in [-0.2, 0) is 0 Å². The van der Waals surface area contributed by atoms with Gasteiger partial charge in [0.2, 0.25) is 0 Å². The van der Waals surface area contributed by atoms with Crippen LogP contribution in [0.25, 0.3) is 0 Å². The van der Waals surface area contributed by atoms with E-state index in [1.807, 2.05) is 13.0 Å². The van der Waals surface area contributed by atoms with E-state index in [1.54, 1.807) is 6.07 Å². The first-order valence-corrected chi connectivity index (χ1v) is 6.45. The quantitative estimate of drug-likeness (QED) is 0.855. The van der Waals surface area contributed by atoms with Crippen molar-refractivity contribution in [3.05, 3.63) is 23.7 Å². The lowest BCUT2D eigenvalue weighted by molar-refractivity contribution is 0.0861. The van der Waals surface area contributed by atoms with Gasteiger partial charge in [0, 0.05) is 6.04 Å². The number of carbonyl (C=O) groups is 1. The lowest BCUT2D eigenvalue weighted by Gasteiger charge is -2.34. The van der Waals surface area contributed by atoms with E-state index in [-0.39, 0.29) is 11.9 Å². The number of rotatable bonds is 2. The Morgan fingerprint density at radius 1 is 1.35 bits per heavy atom. The van der Waals surface area contributed by atoms with Crippen LogP contribution in [-0.4, -0.2) is 11.9 Å². The number of aryl methyl sites for hydroxylation is 1. The van der Waals surface area contributed by atoms with Gasteiger partial charge in [0.15, 0.2) is 5.76 Å². The molecule has 3 nitrogen and oxygen atoms in total. The monoisotopic (exact) mass is 235 g/mol. The van der Waals surface area contributed by atoms with E-state index in [9.17, 15) is 4.79 Å². The molecule has 1 aromatic heterocycles. The molecule has 3 unspecified atom stereocenters. The predicted molar refractivity (Wildman–Crippen MR) is 66.9 cm³/mol. The molecule has 0 radical (unpaired) electrons. The summed E-state index contributed by atoms with van der Waals surface area (Å²) in [5.74, 6) is 2.35. The van der Waals surface area contributed by atoms with Crippen molar-refractivity contribution in [2.24, 2.45) is 11.8 Å². The van der Waals surface area contributed by atoms with Crippen molar-refractivity contribution in [1.82, 2.24) is 5.32 Å². The van der Waals surface area contributed by atoms with Crippen LogP contribution in [0.5, 0.6) is 0 Å². The van der Waals surface area contributed by atoms with Crippen LogP contribution in [0.2, 0.25) is 0 Å². The lowest BCUT2D eigenvalue weighted by Crippen LogP contribution is -2.43. The molecule has 0 saturated heterocycles. The standard InChI is InChI=1S/C14H21NO2/c1-9-5-4-6-12(11(9)3)15-14(16)13-8-7-10(2)17-13/h7-9,11-12H,4-6H2,1-3H3,(H,15,16). The molecule has 3 atom stereocenters. The predicted octanol–water partition coefficient (Wildman–Crippen LogP) is 3.14. The fraction of sp³-hybridized carbons (Fsp3) is 0.643. The minimum Gasteiger partial charge on any atom is -0.456 e. The van der Waals surface area contributed by atoms with E-state index in [2.05, 4.69) is 19.2 Å². The first-order chi connectivity index (χ1) is 8.08. The van der Waals surface area contributed by atoms with E-state index in [4.69, 9.17) is 4.42 Å². The van der Waals surface area contributed by atoms with Gasteiger partial charge in [-0.3, -0.25) is 4.79 Å². The number of furan rings is 1. The molecule has 1 N–H and O–H groups in total. The Morgan fingerprint density at radius 3 is 2.76 bits per heavy atom. The molecular formula is C14H21NO2. The van der Waals surface area contributed by atoms with E-state index in [0.717, 1.165) is 12.2 Å². The molecule has 17 heavy (non-hydrogen) atoms. The molecular weight excluding hydrogens is 214 g/mol. The van der Waals surface area contributed by atoms with Gasteiger partial charge >= 0.3 is 0 Å². The van der Waals surface area contributed by atoms with Crippen molar-refractivity contribution in [2.45, 2.75) is 46.1 Å². The van der Waals surface area contributed by atoms with Gasteiger partial charge in [-0.05, 0) is 37.3 Å². The summed E-state index contributed by atoms with van der Waals surface area (Å²) in [4.78, 5) is 12.0. The Kier molecular flexibility index (Phi) is 3.55. The highest BCUT2D eigenvalue weighted by molar-refractivity contribution is 5.91. The summed E-state index contributed by atoms with van der Waals surface area (Å²) in [6, 6.07) is 3.85. The molecule has 2 rings (SSSR count). The van der Waals surface area contributed by atoms with Crippen LogP contribution in [0, 0.1) is 18.8 Å². The summed E-state index contributed by atoms with van der Waals surface area (Å²) in [6.07, 6.45) is 3.55. The summed E-state index contributed by atoms with van der Waals surface area (Å²) in [6.45, 7) is 6.34. The van der Waals surface area contributed by atoms with Crippen LogP contribution in [0.15, 0.2) is 16.5 Å². The fourth-order valence-corrected chi connectivity index (χ4v) is 2.58. The van der Waals surface area contributed by atoms with Gasteiger partial charge in [-0.25, -0.2) is 0 Å². The number of carbonyl (C=O) groups excluding carboxylic acids is 1. The Labute approximate surface area is 103 Å². The molecule has 1 aliphatic rings. The fourth-order valence-electron chi connectivity index (χ4n) is 2.58. The highest BCUT2D eigenvalue weighted by Gasteiger charge is 2.28. The second kappa shape index (κ2) is 4.94. The zero-order chi connectivity index (χ0) is 12.4. The highest BCUT2D eigenvalue weighted by Crippen LogP contribution is 2.29. The molecule has 1 aromatic rings. The number of amides is 1. The van der Waals surface area contributed by atoms with Crippen molar-refractivity contribution in [1.29, 1.82) is 0 Å². The molecule has 0 aliphatic heterocycles. The van der Waals surface area contributed by atoms with Gasteiger partial charge in [-0.1, -0.05) is 26.7 Å². The maximum absolute atomic E-state index is 12.0. The second-order valence-electron chi connectivity index (χ2n) is 5.26. The zero-order valence-corrected chi connectivity index (χ0v) is 10.8. The molecule has 1 amide bonds. The van der Waals surface area contributed by atoms with E-state index < -0.39 is 0 Å². The topological polar surface area (TPSA) is 42.2 Å². The van der Waals surface area contributed by atoms with Crippen LogP contribution >= 0.6 is 0 Å². The minimum absolute atomic E-state index is 0.0796. The smallest absolute Gasteiger partial charge is 0.287 e. The summed E-state index contributed by atoms with van der Waals surface area (Å²) in [5.41, 5.74) is 0. The minimum atomic E-state index is -0.0796. The third-order valence-corrected chi connectivity index (χ3v) is 3.99. The van der Waals surface area contributed by atoms with Gasteiger partial charge in [0.1, 0.15) is 5.76 Å². The summed E-state index contributed by atoms with van der Waals surface area (Å²) < 4.78 is 5.34. The van der Waals surface area contributed by atoms with E-state index in [0.29, 0.717) is 17.6 Å². The van der Waals surface area contributed by atoms with Gasteiger partial charge < -0.3 is 9.73 Å². The molecule has 1 saturated carbocycles. The van der Waals surface area contributed by atoms with Crippen molar-refractivity contribution >= 4 is 5.91 Å². The first kappa shape index (κ1) is 12.2. The Balaban J connectivity index is 1.98. The average Bonchev–Trinajstić information content (AvgIpc) is 2.72. The largest absolute Gasteiger partial charge is 0.456 e. The Bertz CT molecular complexity index is 397. The second-order valence-corrected chi connectivity index (χ2v) is 5.26. The van der Waals surface area contributed by atoms with Crippen molar-refractivity contribution in [3.63, 3.8) is 0 Å². The van der Waals surface area contributed by atoms with Crippen molar-refractivity contribution in [3.8, 4) is 0 Å². The molecule has 1 aliphatic carbocycles. The Hall–Kier alpha value is -1.25. The summed E-state index contributed by atoms with van der Waals surface area (Å²) in [7, 11) is 0. The maximum atomic E-state index is 12.0. The molecule has 0 spiro atoms. The molecule has 0 bridgehead atoms. The summed E-state index contributed by atoms with van der Waals surface area (Å²) in [5, 5.41) is 3.10. The molecule has 94 valence electrons. The molecule has 1 heterocycles. The lowest BCUT2D eigenvalue weighted by atomic mass is 9.78. The van der Waals surface area contributed by atoms with Crippen LogP contribution < -0.4 is 5.32 Å². The highest BCUT2D eigenvalue weighted by atomic mass is 16.3. The van der Waals surface area contributed by atoms with Crippen LogP contribution in [0.4, 0.5) is 0 Å². The molecule has 1 fully saturated rings. The maximum Gasteiger partial charge on any atom is 0.287 e. The SMILES string of the molecule is Cc1ccc(C(=O)NC2CCCC(C)C2C)o1. The van der Waals surface area contributed by atoms with Crippen LogP contribution in [0.3, 0.4) is 0 Å². The van der Waals surface area contributed by atoms with Crippen LogP contribution in [0.1, 0.15) is 49.4 Å². The Morgan fingerprint density at radius 2 is 2.12 bits per heavy atom. The van der Waals surface area contributed by atoms with Crippen molar-refractivity contribution in [2.75, 3.05) is 0 Å². The van der Waals surface area contributed by atoms with Gasteiger partial charge in [-0.2, -0.15) is 0 Å². The third kappa shape index (κ3) is 2.71. The zero-order valence-electron chi connectivity index (χ0n) is 10.8. The van der Waals surface area contributed by atoms with E-state index in [1.165, 1.54) is 12.8 Å². The van der Waals surface area contributed by atoms with Crippen molar-refractivity contribution < 1.29 is 9.21 Å². The van der Waals surface area contributed by atoms with Gasteiger partial charge in [-0.15, -0.1) is 0 Å². The number of hydrogen-bond acceptors (Lipinski definition) is 2. The molecule has 3 heteroatoms. The summed E-state index contributed by atoms with van der Waals surface area (Å²) >= 11 is 0. The third-order valence-electron chi connectivity index (χ3n) is 3.99. The van der Waals surface area contributed by atoms with Gasteiger partial charge in [0.25, 0.3) is 5.91 Å². The number of hydrogen-bond donors (Lipinski definition) is 1. The number of nitrogens with one attached hydrogen (secondary N) is 1. The van der Waals surface area contributed by atoms with Gasteiger partial charge in [0.05, 0.1) is 0 Å². The first-order valence-electron chi connectivity index (χ1n) is 6.45. The average molecular weight is 235 g/mol. The van der Waals surface area contributed by atoms with E-state index >= 15 is 0 Å². The normalized spacial score (nSPS) is 29.0.